The molecule has 0 aliphatic heterocycles. The number of aromatic nitrogens is 4. The van der Waals surface area contributed by atoms with Crippen LogP contribution < -0.4 is 11.2 Å². The van der Waals surface area contributed by atoms with E-state index in [4.69, 9.17) is 40.5 Å². The van der Waals surface area contributed by atoms with Gasteiger partial charge < -0.3 is 10.3 Å². The van der Waals surface area contributed by atoms with Gasteiger partial charge in [-0.1, -0.05) is 36.2 Å². The van der Waals surface area contributed by atoms with Crippen molar-refractivity contribution in [1.29, 1.82) is 0 Å². The van der Waals surface area contributed by atoms with Crippen LogP contribution in [0, 0.1) is 0 Å². The largest absolute Gasteiger partial charge is 0.365 e. The van der Waals surface area contributed by atoms with E-state index in [1.165, 1.54) is 11.0 Å². The number of nitrogens with two attached hydrogens (primary N) is 1. The smallest absolute Gasteiger partial charge is 0.254 e. The number of carbonyl (C=O) groups is 1. The molecule has 0 saturated carbocycles. The Bertz CT molecular complexity index is 1150. The number of primary amides is 1. The average Bonchev–Trinajstić information content (AvgIpc) is 3.08. The number of carbonyl (C=O) groups excluding carboxylic acids is 1. The maximum Gasteiger partial charge on any atom is 0.254 e. The van der Waals surface area contributed by atoms with Gasteiger partial charge in [0.05, 0.1) is 22.3 Å². The van der Waals surface area contributed by atoms with Crippen molar-refractivity contribution < 1.29 is 4.79 Å². The van der Waals surface area contributed by atoms with Crippen LogP contribution in [0.1, 0.15) is 35.5 Å². The van der Waals surface area contributed by atoms with Crippen LogP contribution in [0.4, 0.5) is 0 Å². The standard InChI is InChI=1S/C19H18Cl3N5O2/c1-3-11-14(8-26-9-24-19(22)25-26)27(4-2)16(15(17(11)28)18(23)29)10-5-6-12(20)13(21)7-10/h5-7,9H,3-4,8H2,1-2H3,(H2,23,29). The summed E-state index contributed by atoms with van der Waals surface area (Å²) >= 11 is 18.1. The van der Waals surface area contributed by atoms with Crippen molar-refractivity contribution in [3.8, 4) is 11.3 Å². The van der Waals surface area contributed by atoms with Gasteiger partial charge >= 0.3 is 0 Å². The Morgan fingerprint density at radius 2 is 1.90 bits per heavy atom. The molecule has 1 aromatic carbocycles. The summed E-state index contributed by atoms with van der Waals surface area (Å²) < 4.78 is 3.40. The summed E-state index contributed by atoms with van der Waals surface area (Å²) in [5.41, 5.74) is 7.25. The Kier molecular flexibility index (Phi) is 6.31. The molecule has 152 valence electrons. The van der Waals surface area contributed by atoms with Crippen LogP contribution in [0.25, 0.3) is 11.3 Å². The third-order valence-electron chi connectivity index (χ3n) is 4.61. The molecule has 0 aliphatic rings. The van der Waals surface area contributed by atoms with Crippen LogP contribution in [0.5, 0.6) is 0 Å². The second-order valence-electron chi connectivity index (χ2n) is 6.28. The number of rotatable bonds is 6. The minimum atomic E-state index is -0.802. The molecule has 3 aromatic rings. The minimum absolute atomic E-state index is 0.0811. The lowest BCUT2D eigenvalue weighted by Gasteiger charge is -2.23. The first-order chi connectivity index (χ1) is 13.8. The summed E-state index contributed by atoms with van der Waals surface area (Å²) in [6, 6.07) is 4.92. The van der Waals surface area contributed by atoms with Gasteiger partial charge in [-0.25, -0.2) is 9.67 Å². The number of hydrogen-bond acceptors (Lipinski definition) is 4. The lowest BCUT2D eigenvalue weighted by Crippen LogP contribution is -2.31. The number of amides is 1. The van der Waals surface area contributed by atoms with E-state index in [9.17, 15) is 9.59 Å². The molecule has 0 aliphatic carbocycles. The quantitative estimate of drug-likeness (QED) is 0.613. The van der Waals surface area contributed by atoms with E-state index in [-0.39, 0.29) is 17.4 Å². The summed E-state index contributed by atoms with van der Waals surface area (Å²) in [6.07, 6.45) is 1.89. The van der Waals surface area contributed by atoms with Crippen LogP contribution in [0.3, 0.4) is 0 Å². The molecule has 1 amide bonds. The normalized spacial score (nSPS) is 11.1. The zero-order chi connectivity index (χ0) is 21.3. The highest BCUT2D eigenvalue weighted by Gasteiger charge is 2.25. The molecule has 0 fully saturated rings. The molecule has 0 atom stereocenters. The number of benzene rings is 1. The highest BCUT2D eigenvalue weighted by molar-refractivity contribution is 6.42. The van der Waals surface area contributed by atoms with Crippen molar-refractivity contribution >= 4 is 40.7 Å². The second kappa shape index (κ2) is 8.57. The van der Waals surface area contributed by atoms with Gasteiger partial charge in [-0.2, -0.15) is 0 Å². The molecule has 2 heterocycles. The first-order valence-electron chi connectivity index (χ1n) is 8.87. The minimum Gasteiger partial charge on any atom is -0.365 e. The molecule has 3 rings (SSSR count). The van der Waals surface area contributed by atoms with E-state index in [1.54, 1.807) is 18.2 Å². The number of nitrogens with zero attached hydrogens (tertiary/aromatic N) is 4. The first kappa shape index (κ1) is 21.4. The third-order valence-corrected chi connectivity index (χ3v) is 5.52. The predicted molar refractivity (Wildman–Crippen MR) is 114 cm³/mol. The van der Waals surface area contributed by atoms with Gasteiger partial charge in [-0.15, -0.1) is 5.10 Å². The molecule has 0 bridgehead atoms. The number of hydrogen-bond donors (Lipinski definition) is 1. The molecule has 0 spiro atoms. The molecule has 0 saturated heterocycles. The summed E-state index contributed by atoms with van der Waals surface area (Å²) in [7, 11) is 0. The zero-order valence-electron chi connectivity index (χ0n) is 15.7. The lowest BCUT2D eigenvalue weighted by atomic mass is 9.98. The Morgan fingerprint density at radius 1 is 1.17 bits per heavy atom. The predicted octanol–water partition coefficient (Wildman–Crippen LogP) is 3.80. The van der Waals surface area contributed by atoms with Gasteiger partial charge in [0.25, 0.3) is 5.91 Å². The zero-order valence-corrected chi connectivity index (χ0v) is 18.0. The number of pyridine rings is 1. The Balaban J connectivity index is 2.39. The highest BCUT2D eigenvalue weighted by Crippen LogP contribution is 2.31. The molecule has 2 N–H and O–H groups in total. The van der Waals surface area contributed by atoms with Gasteiger partial charge in [0.1, 0.15) is 11.9 Å². The van der Waals surface area contributed by atoms with Crippen molar-refractivity contribution in [3.05, 3.63) is 66.9 Å². The van der Waals surface area contributed by atoms with Crippen molar-refractivity contribution in [2.45, 2.75) is 33.4 Å². The molecule has 0 radical (unpaired) electrons. The van der Waals surface area contributed by atoms with Crippen LogP contribution in [-0.2, 0) is 19.5 Å². The van der Waals surface area contributed by atoms with Gasteiger partial charge in [0.15, 0.2) is 5.43 Å². The summed E-state index contributed by atoms with van der Waals surface area (Å²) in [5.74, 6) is -0.802. The Labute approximate surface area is 182 Å². The summed E-state index contributed by atoms with van der Waals surface area (Å²) in [4.78, 5) is 29.4. The summed E-state index contributed by atoms with van der Waals surface area (Å²) in [6.45, 7) is 4.48. The van der Waals surface area contributed by atoms with Crippen molar-refractivity contribution in [1.82, 2.24) is 19.3 Å². The fourth-order valence-electron chi connectivity index (χ4n) is 3.39. The van der Waals surface area contributed by atoms with E-state index < -0.39 is 11.3 Å². The highest BCUT2D eigenvalue weighted by atomic mass is 35.5. The molecule has 2 aromatic heterocycles. The maximum absolute atomic E-state index is 13.2. The number of halogens is 3. The van der Waals surface area contributed by atoms with Crippen LogP contribution in [0.15, 0.2) is 29.3 Å². The monoisotopic (exact) mass is 453 g/mol. The molecular weight excluding hydrogens is 437 g/mol. The Hall–Kier alpha value is -2.35. The molecular formula is C19H18Cl3N5O2. The van der Waals surface area contributed by atoms with E-state index in [2.05, 4.69) is 10.1 Å². The SMILES string of the molecule is CCc1c(Cn2cnc(Cl)n2)n(CC)c(-c2ccc(Cl)c(Cl)c2)c(C(N)=O)c1=O. The van der Waals surface area contributed by atoms with Gasteiger partial charge in [-0.05, 0) is 37.1 Å². The molecule has 7 nitrogen and oxygen atoms in total. The fraction of sp³-hybridized carbons (Fsp3) is 0.263. The van der Waals surface area contributed by atoms with Crippen LogP contribution >= 0.6 is 34.8 Å². The molecule has 29 heavy (non-hydrogen) atoms. The van der Waals surface area contributed by atoms with Crippen molar-refractivity contribution in [2.75, 3.05) is 0 Å². The van der Waals surface area contributed by atoms with Crippen LogP contribution in [-0.4, -0.2) is 25.2 Å². The topological polar surface area (TPSA) is 95.8 Å². The van der Waals surface area contributed by atoms with Crippen LogP contribution in [0.2, 0.25) is 15.3 Å². The summed E-state index contributed by atoms with van der Waals surface area (Å²) in [5, 5.41) is 4.87. The van der Waals surface area contributed by atoms with Gasteiger partial charge in [0.2, 0.25) is 5.28 Å². The van der Waals surface area contributed by atoms with E-state index in [0.717, 1.165) is 0 Å². The lowest BCUT2D eigenvalue weighted by molar-refractivity contribution is 0.0999. The fourth-order valence-corrected chi connectivity index (χ4v) is 3.83. The first-order valence-corrected chi connectivity index (χ1v) is 10.0. The van der Waals surface area contributed by atoms with E-state index >= 15 is 0 Å². The third kappa shape index (κ3) is 4.03. The maximum atomic E-state index is 13.2. The van der Waals surface area contributed by atoms with Crippen molar-refractivity contribution in [3.63, 3.8) is 0 Å². The van der Waals surface area contributed by atoms with Gasteiger partial charge in [-0.3, -0.25) is 9.59 Å². The van der Waals surface area contributed by atoms with E-state index in [1.807, 2.05) is 18.4 Å². The molecule has 0 unspecified atom stereocenters. The second-order valence-corrected chi connectivity index (χ2v) is 7.43. The molecule has 10 heteroatoms. The average molecular weight is 455 g/mol. The van der Waals surface area contributed by atoms with Gasteiger partial charge in [0, 0.05) is 23.4 Å². The van der Waals surface area contributed by atoms with E-state index in [0.29, 0.717) is 45.5 Å². The Morgan fingerprint density at radius 3 is 2.41 bits per heavy atom. The van der Waals surface area contributed by atoms with Crippen molar-refractivity contribution in [2.24, 2.45) is 5.73 Å².